The number of rotatable bonds is 17. The summed E-state index contributed by atoms with van der Waals surface area (Å²) in [7, 11) is -8.84. The first-order valence-electron chi connectivity index (χ1n) is 15.5. The molecule has 1 aromatic heterocycles. The zero-order valence-electron chi connectivity index (χ0n) is 31.2. The smallest absolute Gasteiger partial charge is 0.748 e. The predicted molar refractivity (Wildman–Crippen MR) is 187 cm³/mol. The molecule has 3 aromatic rings. The van der Waals surface area contributed by atoms with Crippen LogP contribution in [-0.4, -0.2) is 66.2 Å². The molecule has 1 N–H and O–H groups in total. The van der Waals surface area contributed by atoms with Crippen LogP contribution >= 0.6 is 23.2 Å². The molecule has 0 saturated heterocycles. The standard InChI is InChI=1S/C31H39Cl2N7O9S2.3K/c1-20(41)35-27-17-23(39(11-5-7-13-50(43,44)45)12-6-8-14-51(46,47)48)9-10-26(27)36-37-30-24(18-34)29(31(2,3)4)38-40(30)28-21(19-49-42)15-22(32)16-25(28)33;;;/h9-10,15-17,42H,5-8,11-14,19H2,1-4H3,(H,35,41)(H,43,44,45)(H,46,47,48);;;/q;3*+1/p-3. The zero-order chi connectivity index (χ0) is 38.1. The van der Waals surface area contributed by atoms with E-state index in [1.165, 1.54) is 29.8 Å². The number of nitrogens with one attached hydrogen (secondary N) is 1. The summed E-state index contributed by atoms with van der Waals surface area (Å²) in [4.78, 5) is 18.2. The fourth-order valence-corrected chi connectivity index (χ4v) is 6.78. The van der Waals surface area contributed by atoms with Crippen molar-refractivity contribution in [3.05, 3.63) is 57.2 Å². The van der Waals surface area contributed by atoms with Crippen LogP contribution in [0.3, 0.4) is 0 Å². The molecule has 3 rings (SSSR count). The van der Waals surface area contributed by atoms with Crippen LogP contribution in [0, 0.1) is 11.3 Å². The second kappa shape index (κ2) is 25.1. The topological polar surface area (TPSA) is 245 Å². The van der Waals surface area contributed by atoms with Gasteiger partial charge in [0.05, 0.1) is 48.9 Å². The molecular formula is C31H36Cl2K3N7O9S2. The third-order valence-corrected chi connectivity index (χ3v) is 9.35. The van der Waals surface area contributed by atoms with Crippen molar-refractivity contribution < 1.29 is 195 Å². The maximum atomic E-state index is 12.3. The van der Waals surface area contributed by atoms with Gasteiger partial charge in [-0.15, -0.1) is 10.2 Å². The number of hydrogen-bond acceptors (Lipinski definition) is 14. The van der Waals surface area contributed by atoms with E-state index in [4.69, 9.17) is 23.2 Å². The normalized spacial score (nSPS) is 11.6. The third-order valence-electron chi connectivity index (χ3n) is 7.27. The molecule has 0 aliphatic heterocycles. The molecule has 0 bridgehead atoms. The van der Waals surface area contributed by atoms with Crippen LogP contribution < -0.4 is 170 Å². The number of anilines is 2. The minimum atomic E-state index is -4.42. The van der Waals surface area contributed by atoms with Crippen LogP contribution in [0.15, 0.2) is 40.6 Å². The van der Waals surface area contributed by atoms with Crippen molar-refractivity contribution in [1.29, 1.82) is 5.26 Å². The van der Waals surface area contributed by atoms with Gasteiger partial charge in [0.15, 0.2) is 5.82 Å². The Bertz CT molecular complexity index is 2000. The molecular weight excluding hydrogens is 867 g/mol. The Labute approximate surface area is 453 Å². The van der Waals surface area contributed by atoms with E-state index in [0.29, 0.717) is 24.2 Å². The first-order chi connectivity index (χ1) is 23.7. The summed E-state index contributed by atoms with van der Waals surface area (Å²) in [6, 6.07) is 9.76. The average Bonchev–Trinajstić information content (AvgIpc) is 3.37. The fraction of sp³-hybridized carbons (Fsp3) is 0.452. The van der Waals surface area contributed by atoms with Crippen LogP contribution in [0.2, 0.25) is 10.0 Å². The number of halogens is 2. The molecule has 54 heavy (non-hydrogen) atoms. The van der Waals surface area contributed by atoms with Crippen LogP contribution in [0.5, 0.6) is 0 Å². The van der Waals surface area contributed by atoms with Crippen molar-refractivity contribution in [1.82, 2.24) is 9.78 Å². The molecule has 0 aliphatic carbocycles. The van der Waals surface area contributed by atoms with E-state index in [0.717, 1.165) is 0 Å². The molecule has 0 saturated carbocycles. The summed E-state index contributed by atoms with van der Waals surface area (Å²) in [5.41, 5.74) is 1.08. The quantitative estimate of drug-likeness (QED) is 0.0340. The molecule has 278 valence electrons. The number of nitriles is 1. The first-order valence-corrected chi connectivity index (χ1v) is 19.4. The van der Waals surface area contributed by atoms with Crippen LogP contribution in [0.25, 0.3) is 5.69 Å². The van der Waals surface area contributed by atoms with Gasteiger partial charge < -0.3 is 29.5 Å². The number of carbonyl (C=O) groups excluding carboxylic acids is 1. The van der Waals surface area contributed by atoms with Gasteiger partial charge >= 0.3 is 154 Å². The van der Waals surface area contributed by atoms with Gasteiger partial charge in [0, 0.05) is 53.2 Å². The van der Waals surface area contributed by atoms with E-state index in [-0.39, 0.29) is 224 Å². The zero-order valence-corrected chi connectivity index (χ0v) is 43.7. The minimum Gasteiger partial charge on any atom is -0.748 e. The number of nitrogens with zero attached hydrogens (tertiary/aromatic N) is 6. The number of amides is 1. The second-order valence-electron chi connectivity index (χ2n) is 12.5. The Balaban J connectivity index is 0.00000936. The molecule has 0 radical (unpaired) electrons. The molecule has 0 spiro atoms. The van der Waals surface area contributed by atoms with E-state index < -0.39 is 49.7 Å². The molecule has 0 unspecified atom stereocenters. The SMILES string of the molecule is CC(=O)Nc1cc(N(CCCCS(=O)(=O)[O-])CCCCS(=O)(=O)[O-])ccc1N=Nc1c(C#N)c(C(C)(C)C)nn1-c1c(Cl)cc(Cl)cc1CO[O-].[K+].[K+].[K+]. The second-order valence-corrected chi connectivity index (χ2v) is 16.4. The molecule has 23 heteroatoms. The van der Waals surface area contributed by atoms with Gasteiger partial charge in [-0.2, -0.15) is 10.4 Å². The van der Waals surface area contributed by atoms with Gasteiger partial charge in [-0.05, 0) is 56.0 Å². The minimum absolute atomic E-state index is 0. The van der Waals surface area contributed by atoms with Crippen LogP contribution in [0.4, 0.5) is 22.9 Å². The summed E-state index contributed by atoms with van der Waals surface area (Å²) in [6.07, 6.45) is 0.742. The fourth-order valence-electron chi connectivity index (χ4n) is 5.05. The molecule has 0 atom stereocenters. The summed E-state index contributed by atoms with van der Waals surface area (Å²) in [6.45, 7) is 6.87. The Kier molecular flexibility index (Phi) is 25.7. The average molecular weight is 903 g/mol. The van der Waals surface area contributed by atoms with E-state index >= 15 is 0 Å². The monoisotopic (exact) mass is 901 g/mol. The van der Waals surface area contributed by atoms with Crippen molar-refractivity contribution >= 4 is 72.2 Å². The van der Waals surface area contributed by atoms with E-state index in [2.05, 4.69) is 31.6 Å². The first kappa shape index (κ1) is 55.2. The number of unbranched alkanes of at least 4 members (excludes halogenated alkanes) is 2. The van der Waals surface area contributed by atoms with Crippen molar-refractivity contribution in [3.63, 3.8) is 0 Å². The molecule has 16 nitrogen and oxygen atoms in total. The maximum absolute atomic E-state index is 12.3. The molecule has 0 aliphatic rings. The molecule has 0 fully saturated rings. The third kappa shape index (κ3) is 17.8. The van der Waals surface area contributed by atoms with Crippen molar-refractivity contribution in [3.8, 4) is 11.8 Å². The van der Waals surface area contributed by atoms with Gasteiger partial charge in [0.2, 0.25) is 5.91 Å². The van der Waals surface area contributed by atoms with Gasteiger partial charge in [-0.1, -0.05) is 44.0 Å². The van der Waals surface area contributed by atoms with Crippen molar-refractivity contribution in [2.45, 2.75) is 65.4 Å². The Morgan fingerprint density at radius 3 is 2.04 bits per heavy atom. The van der Waals surface area contributed by atoms with Gasteiger partial charge in [0.25, 0.3) is 0 Å². The van der Waals surface area contributed by atoms with Crippen LogP contribution in [0.1, 0.15) is 70.2 Å². The number of benzene rings is 2. The number of carbonyl (C=O) groups is 1. The number of aromatic nitrogens is 2. The largest absolute Gasteiger partial charge is 1.00 e. The van der Waals surface area contributed by atoms with E-state index in [1.807, 2.05) is 20.8 Å². The van der Waals surface area contributed by atoms with Crippen LogP contribution in [-0.2, 0) is 41.9 Å². The summed E-state index contributed by atoms with van der Waals surface area (Å²) in [5.74, 6) is -1.61. The molecule has 1 amide bonds. The predicted octanol–water partition coefficient (Wildman–Crippen LogP) is -4.02. The Morgan fingerprint density at radius 1 is 0.981 bits per heavy atom. The molecule has 2 aromatic carbocycles. The Morgan fingerprint density at radius 2 is 1.56 bits per heavy atom. The maximum Gasteiger partial charge on any atom is 1.00 e. The van der Waals surface area contributed by atoms with Crippen molar-refractivity contribution in [2.75, 3.05) is 34.8 Å². The number of azo groups is 1. The van der Waals surface area contributed by atoms with Gasteiger partial charge in [-0.25, -0.2) is 21.5 Å². The number of hydrogen-bond donors (Lipinski definition) is 1. The Hall–Kier alpha value is 1.24. The van der Waals surface area contributed by atoms with Gasteiger partial charge in [0.1, 0.15) is 17.3 Å². The summed E-state index contributed by atoms with van der Waals surface area (Å²) >= 11 is 12.8. The van der Waals surface area contributed by atoms with E-state index in [1.54, 1.807) is 17.0 Å². The molecule has 1 heterocycles. The summed E-state index contributed by atoms with van der Waals surface area (Å²) in [5, 5.41) is 37.8. The summed E-state index contributed by atoms with van der Waals surface area (Å²) < 4.78 is 67.9. The van der Waals surface area contributed by atoms with E-state index in [9.17, 15) is 41.3 Å². The van der Waals surface area contributed by atoms with Gasteiger partial charge in [-0.3, -0.25) is 4.79 Å². The van der Waals surface area contributed by atoms with Crippen molar-refractivity contribution in [2.24, 2.45) is 10.2 Å².